The van der Waals surface area contributed by atoms with Crippen molar-refractivity contribution in [3.63, 3.8) is 0 Å². The normalized spacial score (nSPS) is 10.5. The molecule has 9 nitrogen and oxygen atoms in total. The van der Waals surface area contributed by atoms with Gasteiger partial charge in [-0.25, -0.2) is 14.3 Å². The Labute approximate surface area is 227 Å². The molecule has 10 heteroatoms. The maximum absolute atomic E-state index is 13.0. The van der Waals surface area contributed by atoms with Crippen LogP contribution in [-0.2, 0) is 20.8 Å². The van der Waals surface area contributed by atoms with E-state index in [-0.39, 0.29) is 35.2 Å². The summed E-state index contributed by atoms with van der Waals surface area (Å²) >= 11 is 3.44. The SMILES string of the molecule is COC(=O)c1c(-c2cc(Br)ccc2OCC(=O)NCc2ccccc2)nn(-c2ccccc2)c1C(=O)OC. The summed E-state index contributed by atoms with van der Waals surface area (Å²) in [7, 11) is 2.43. The Morgan fingerprint density at radius 1 is 0.895 bits per heavy atom. The molecule has 0 aliphatic rings. The first-order valence-corrected chi connectivity index (χ1v) is 12.3. The summed E-state index contributed by atoms with van der Waals surface area (Å²) in [6.45, 7) is 0.0744. The van der Waals surface area contributed by atoms with E-state index in [2.05, 4.69) is 26.3 Å². The van der Waals surface area contributed by atoms with Crippen LogP contribution in [0, 0.1) is 0 Å². The van der Waals surface area contributed by atoms with Gasteiger partial charge in [-0.15, -0.1) is 0 Å². The summed E-state index contributed by atoms with van der Waals surface area (Å²) in [6, 6.07) is 23.4. The number of para-hydroxylation sites is 1. The fourth-order valence-corrected chi connectivity index (χ4v) is 4.11. The van der Waals surface area contributed by atoms with Crippen molar-refractivity contribution in [3.8, 4) is 22.7 Å². The number of amides is 1. The molecule has 0 bridgehead atoms. The number of hydrogen-bond acceptors (Lipinski definition) is 7. The van der Waals surface area contributed by atoms with Crippen LogP contribution >= 0.6 is 15.9 Å². The first kappa shape index (κ1) is 26.6. The smallest absolute Gasteiger partial charge is 0.357 e. The van der Waals surface area contributed by atoms with Crippen LogP contribution in [0.15, 0.2) is 83.3 Å². The first-order valence-electron chi connectivity index (χ1n) is 11.5. The predicted octanol–water partition coefficient (Wildman–Crippen LogP) is 4.57. The second-order valence-electron chi connectivity index (χ2n) is 7.99. The Bertz CT molecular complexity index is 1450. The van der Waals surface area contributed by atoms with E-state index in [1.165, 1.54) is 18.9 Å². The number of benzene rings is 3. The monoisotopic (exact) mass is 577 g/mol. The Kier molecular flexibility index (Phi) is 8.55. The molecular weight excluding hydrogens is 554 g/mol. The van der Waals surface area contributed by atoms with E-state index in [0.29, 0.717) is 22.3 Å². The highest BCUT2D eigenvalue weighted by Gasteiger charge is 2.32. The van der Waals surface area contributed by atoms with Crippen LogP contribution in [0.3, 0.4) is 0 Å². The van der Waals surface area contributed by atoms with Crippen molar-refractivity contribution in [3.05, 3.63) is 100 Å². The van der Waals surface area contributed by atoms with Gasteiger partial charge in [-0.2, -0.15) is 5.10 Å². The van der Waals surface area contributed by atoms with Crippen LogP contribution in [0.4, 0.5) is 0 Å². The molecule has 0 unspecified atom stereocenters. The molecule has 0 radical (unpaired) electrons. The number of carbonyl (C=O) groups is 3. The van der Waals surface area contributed by atoms with Crippen LogP contribution in [-0.4, -0.2) is 48.5 Å². The fraction of sp³-hybridized carbons (Fsp3) is 0.143. The van der Waals surface area contributed by atoms with Gasteiger partial charge in [0.15, 0.2) is 12.3 Å². The van der Waals surface area contributed by atoms with Gasteiger partial charge in [0.25, 0.3) is 5.91 Å². The molecule has 1 N–H and O–H groups in total. The number of nitrogens with zero attached hydrogens (tertiary/aromatic N) is 2. The van der Waals surface area contributed by atoms with Gasteiger partial charge in [-0.3, -0.25) is 4.79 Å². The van der Waals surface area contributed by atoms with Crippen LogP contribution in [0.2, 0.25) is 0 Å². The van der Waals surface area contributed by atoms with Crippen LogP contribution < -0.4 is 10.1 Å². The van der Waals surface area contributed by atoms with E-state index < -0.39 is 11.9 Å². The van der Waals surface area contributed by atoms with Gasteiger partial charge in [0.1, 0.15) is 17.0 Å². The van der Waals surface area contributed by atoms with Crippen molar-refractivity contribution in [1.29, 1.82) is 0 Å². The summed E-state index contributed by atoms with van der Waals surface area (Å²) in [5.41, 5.74) is 1.78. The lowest BCUT2D eigenvalue weighted by atomic mass is 10.0. The molecule has 3 aromatic carbocycles. The second-order valence-corrected chi connectivity index (χ2v) is 8.91. The van der Waals surface area contributed by atoms with Crippen LogP contribution in [0.25, 0.3) is 16.9 Å². The molecule has 1 amide bonds. The third kappa shape index (κ3) is 5.92. The fourth-order valence-electron chi connectivity index (χ4n) is 3.75. The van der Waals surface area contributed by atoms with Gasteiger partial charge in [0, 0.05) is 16.6 Å². The average Bonchev–Trinajstić information content (AvgIpc) is 3.36. The van der Waals surface area contributed by atoms with Gasteiger partial charge in [-0.05, 0) is 35.9 Å². The number of hydrogen-bond donors (Lipinski definition) is 1. The van der Waals surface area contributed by atoms with Crippen LogP contribution in [0.1, 0.15) is 26.4 Å². The summed E-state index contributed by atoms with van der Waals surface area (Å²) in [4.78, 5) is 38.3. The van der Waals surface area contributed by atoms with Gasteiger partial charge in [0.2, 0.25) is 0 Å². The topological polar surface area (TPSA) is 109 Å². The number of rotatable bonds is 9. The van der Waals surface area contributed by atoms with E-state index in [9.17, 15) is 14.4 Å². The Hall–Kier alpha value is -4.44. The summed E-state index contributed by atoms with van der Waals surface area (Å²) in [5.74, 6) is -1.61. The third-order valence-electron chi connectivity index (χ3n) is 5.54. The summed E-state index contributed by atoms with van der Waals surface area (Å²) in [5, 5.41) is 7.41. The van der Waals surface area contributed by atoms with Gasteiger partial charge < -0.3 is 19.5 Å². The van der Waals surface area contributed by atoms with Crippen molar-refractivity contribution in [1.82, 2.24) is 15.1 Å². The number of ether oxygens (including phenoxy) is 3. The maximum atomic E-state index is 13.0. The van der Waals surface area contributed by atoms with Crippen molar-refractivity contribution in [2.45, 2.75) is 6.54 Å². The summed E-state index contributed by atoms with van der Waals surface area (Å²) in [6.07, 6.45) is 0. The maximum Gasteiger partial charge on any atom is 0.357 e. The molecule has 0 saturated carbocycles. The Morgan fingerprint density at radius 3 is 2.21 bits per heavy atom. The molecule has 0 fully saturated rings. The zero-order valence-corrected chi connectivity index (χ0v) is 22.2. The van der Waals surface area contributed by atoms with Crippen LogP contribution in [0.5, 0.6) is 5.75 Å². The number of halogens is 1. The van der Waals surface area contributed by atoms with Crippen molar-refractivity contribution >= 4 is 33.8 Å². The molecule has 1 aromatic heterocycles. The Morgan fingerprint density at radius 2 is 1.55 bits per heavy atom. The van der Waals surface area contributed by atoms with E-state index in [4.69, 9.17) is 14.2 Å². The predicted molar refractivity (Wildman–Crippen MR) is 143 cm³/mol. The molecule has 0 atom stereocenters. The minimum atomic E-state index is -0.783. The molecule has 1 heterocycles. The molecule has 0 saturated heterocycles. The molecule has 0 aliphatic carbocycles. The van der Waals surface area contributed by atoms with Gasteiger partial charge in [-0.1, -0.05) is 64.5 Å². The van der Waals surface area contributed by atoms with E-state index >= 15 is 0 Å². The number of aromatic nitrogens is 2. The number of nitrogens with one attached hydrogen (secondary N) is 1. The van der Waals surface area contributed by atoms with Crippen molar-refractivity contribution < 1.29 is 28.6 Å². The zero-order valence-electron chi connectivity index (χ0n) is 20.6. The van der Waals surface area contributed by atoms with Crippen molar-refractivity contribution in [2.75, 3.05) is 20.8 Å². The minimum Gasteiger partial charge on any atom is -0.483 e. The minimum absolute atomic E-state index is 0.0975. The summed E-state index contributed by atoms with van der Waals surface area (Å²) < 4.78 is 17.8. The van der Waals surface area contributed by atoms with E-state index in [0.717, 1.165) is 5.56 Å². The first-order chi connectivity index (χ1) is 18.4. The number of carbonyl (C=O) groups excluding carboxylic acids is 3. The lowest BCUT2D eigenvalue weighted by Gasteiger charge is -2.12. The highest BCUT2D eigenvalue weighted by Crippen LogP contribution is 2.36. The molecule has 4 aromatic rings. The van der Waals surface area contributed by atoms with E-state index in [1.807, 2.05) is 36.4 Å². The van der Waals surface area contributed by atoms with E-state index in [1.54, 1.807) is 42.5 Å². The molecule has 0 spiro atoms. The zero-order chi connectivity index (χ0) is 27.1. The number of esters is 2. The van der Waals surface area contributed by atoms with Gasteiger partial charge >= 0.3 is 11.9 Å². The quantitative estimate of drug-likeness (QED) is 0.290. The highest BCUT2D eigenvalue weighted by atomic mass is 79.9. The molecule has 194 valence electrons. The lowest BCUT2D eigenvalue weighted by molar-refractivity contribution is -0.123. The Balaban J connectivity index is 1.73. The molecule has 38 heavy (non-hydrogen) atoms. The molecular formula is C28H24BrN3O6. The van der Waals surface area contributed by atoms with Gasteiger partial charge in [0.05, 0.1) is 19.9 Å². The second kappa shape index (κ2) is 12.2. The number of methoxy groups -OCH3 is 2. The largest absolute Gasteiger partial charge is 0.483 e. The average molecular weight is 578 g/mol. The lowest BCUT2D eigenvalue weighted by Crippen LogP contribution is -2.28. The third-order valence-corrected chi connectivity index (χ3v) is 6.04. The standard InChI is InChI=1S/C28H24BrN3O6/c1-36-27(34)24-25(31-32(26(24)28(35)37-2)20-11-7-4-8-12-20)21-15-19(29)13-14-22(21)38-17-23(33)30-16-18-9-5-3-6-10-18/h3-15H,16-17H2,1-2H3,(H,30,33). The highest BCUT2D eigenvalue weighted by molar-refractivity contribution is 9.10. The van der Waals surface area contributed by atoms with Crippen molar-refractivity contribution in [2.24, 2.45) is 0 Å². The molecule has 4 rings (SSSR count). The molecule has 0 aliphatic heterocycles.